The molecule has 8 nitrogen and oxygen atoms in total. The zero-order valence-corrected chi connectivity index (χ0v) is 11.4. The van der Waals surface area contributed by atoms with E-state index in [4.69, 9.17) is 5.26 Å². The van der Waals surface area contributed by atoms with E-state index in [1.807, 2.05) is 20.8 Å². The molecule has 0 saturated heterocycles. The van der Waals surface area contributed by atoms with Gasteiger partial charge in [-0.2, -0.15) is 5.26 Å². The maximum absolute atomic E-state index is 11.6. The van der Waals surface area contributed by atoms with Gasteiger partial charge in [0.2, 0.25) is 11.7 Å². The molecule has 1 heterocycles. The average molecular weight is 277 g/mol. The molecule has 0 spiro atoms. The van der Waals surface area contributed by atoms with Gasteiger partial charge in [-0.05, 0) is 26.8 Å². The third kappa shape index (κ3) is 4.20. The standard InChI is InChI=1S/C12H15N5O3/c1-12(2,3)16-9(18)7-15-11-10(17(19)20)8(6-13)4-5-14-11/h4-5H,7H2,1-3H3,(H,14,15)(H,16,18). The molecule has 1 rings (SSSR count). The van der Waals surface area contributed by atoms with Crippen LogP contribution < -0.4 is 10.6 Å². The zero-order valence-electron chi connectivity index (χ0n) is 11.4. The summed E-state index contributed by atoms with van der Waals surface area (Å²) >= 11 is 0. The summed E-state index contributed by atoms with van der Waals surface area (Å²) in [4.78, 5) is 25.7. The van der Waals surface area contributed by atoms with Crippen LogP contribution in [0.1, 0.15) is 26.3 Å². The van der Waals surface area contributed by atoms with E-state index in [1.54, 1.807) is 6.07 Å². The maximum Gasteiger partial charge on any atom is 0.328 e. The van der Waals surface area contributed by atoms with Gasteiger partial charge >= 0.3 is 5.69 Å². The van der Waals surface area contributed by atoms with E-state index >= 15 is 0 Å². The Morgan fingerprint density at radius 1 is 1.55 bits per heavy atom. The Hall–Kier alpha value is -2.69. The molecule has 0 unspecified atom stereocenters. The Bertz CT molecular complexity index is 571. The molecule has 20 heavy (non-hydrogen) atoms. The number of rotatable bonds is 4. The monoisotopic (exact) mass is 277 g/mol. The number of hydrogen-bond donors (Lipinski definition) is 2. The fourth-order valence-corrected chi connectivity index (χ4v) is 1.48. The summed E-state index contributed by atoms with van der Waals surface area (Å²) < 4.78 is 0. The van der Waals surface area contributed by atoms with E-state index < -0.39 is 16.1 Å². The lowest BCUT2D eigenvalue weighted by Gasteiger charge is -2.20. The van der Waals surface area contributed by atoms with Crippen molar-refractivity contribution in [2.24, 2.45) is 0 Å². The maximum atomic E-state index is 11.6. The van der Waals surface area contributed by atoms with Crippen molar-refractivity contribution in [3.63, 3.8) is 0 Å². The predicted molar refractivity (Wildman–Crippen MR) is 72.0 cm³/mol. The molecule has 0 aliphatic rings. The fraction of sp³-hybridized carbons (Fsp3) is 0.417. The van der Waals surface area contributed by atoms with E-state index in [-0.39, 0.29) is 23.8 Å². The number of hydrogen-bond acceptors (Lipinski definition) is 6. The number of nitriles is 1. The molecule has 0 aliphatic carbocycles. The zero-order chi connectivity index (χ0) is 15.3. The van der Waals surface area contributed by atoms with Crippen LogP contribution >= 0.6 is 0 Å². The minimum Gasteiger partial charge on any atom is -0.355 e. The third-order valence-corrected chi connectivity index (χ3v) is 2.16. The van der Waals surface area contributed by atoms with Gasteiger partial charge in [0.1, 0.15) is 11.6 Å². The molecule has 1 aromatic heterocycles. The molecule has 0 saturated carbocycles. The van der Waals surface area contributed by atoms with Crippen molar-refractivity contribution < 1.29 is 9.72 Å². The molecule has 0 radical (unpaired) electrons. The van der Waals surface area contributed by atoms with E-state index in [0.717, 1.165) is 0 Å². The van der Waals surface area contributed by atoms with Crippen molar-refractivity contribution in [1.82, 2.24) is 10.3 Å². The lowest BCUT2D eigenvalue weighted by Crippen LogP contribution is -2.43. The fourth-order valence-electron chi connectivity index (χ4n) is 1.48. The summed E-state index contributed by atoms with van der Waals surface area (Å²) in [5.41, 5.74) is -0.936. The van der Waals surface area contributed by atoms with Gasteiger partial charge in [0.05, 0.1) is 11.5 Å². The predicted octanol–water partition coefficient (Wildman–Crippen LogP) is 1.19. The summed E-state index contributed by atoms with van der Waals surface area (Å²) in [6.07, 6.45) is 1.27. The van der Waals surface area contributed by atoms with Gasteiger partial charge in [-0.3, -0.25) is 14.9 Å². The first kappa shape index (κ1) is 15.4. The lowest BCUT2D eigenvalue weighted by atomic mass is 10.1. The molecule has 0 aliphatic heterocycles. The summed E-state index contributed by atoms with van der Waals surface area (Å²) in [7, 11) is 0. The van der Waals surface area contributed by atoms with Crippen LogP contribution in [0.25, 0.3) is 0 Å². The molecule has 0 bridgehead atoms. The molecule has 0 aromatic carbocycles. The smallest absolute Gasteiger partial charge is 0.328 e. The summed E-state index contributed by atoms with van der Waals surface area (Å²) in [6.45, 7) is 5.30. The van der Waals surface area contributed by atoms with Crippen LogP contribution in [0.5, 0.6) is 0 Å². The minimum absolute atomic E-state index is 0.0990. The molecule has 2 N–H and O–H groups in total. The molecular formula is C12H15N5O3. The number of carbonyl (C=O) groups excluding carboxylic acids is 1. The highest BCUT2D eigenvalue weighted by molar-refractivity contribution is 5.82. The van der Waals surface area contributed by atoms with Gasteiger partial charge in [0, 0.05) is 11.7 Å². The SMILES string of the molecule is CC(C)(C)NC(=O)CNc1nccc(C#N)c1[N+](=O)[O-]. The van der Waals surface area contributed by atoms with Crippen LogP contribution in [0.3, 0.4) is 0 Å². The Morgan fingerprint density at radius 2 is 2.20 bits per heavy atom. The number of pyridine rings is 1. The third-order valence-electron chi connectivity index (χ3n) is 2.16. The Balaban J connectivity index is 2.87. The van der Waals surface area contributed by atoms with Gasteiger partial charge in [-0.1, -0.05) is 0 Å². The first-order chi connectivity index (χ1) is 9.24. The van der Waals surface area contributed by atoms with Gasteiger partial charge < -0.3 is 10.6 Å². The van der Waals surface area contributed by atoms with Crippen molar-refractivity contribution in [2.75, 3.05) is 11.9 Å². The summed E-state index contributed by atoms with van der Waals surface area (Å²) in [5, 5.41) is 25.1. The molecule has 8 heteroatoms. The van der Waals surface area contributed by atoms with Gasteiger partial charge in [0.25, 0.3) is 0 Å². The number of amides is 1. The van der Waals surface area contributed by atoms with Crippen LogP contribution in [0.4, 0.5) is 11.5 Å². The van der Waals surface area contributed by atoms with Gasteiger partial charge in [-0.25, -0.2) is 4.98 Å². The molecular weight excluding hydrogens is 262 g/mol. The quantitative estimate of drug-likeness (QED) is 0.629. The molecule has 0 atom stereocenters. The van der Waals surface area contributed by atoms with E-state index in [9.17, 15) is 14.9 Å². The highest BCUT2D eigenvalue weighted by Gasteiger charge is 2.22. The highest BCUT2D eigenvalue weighted by atomic mass is 16.6. The van der Waals surface area contributed by atoms with Crippen LogP contribution in [0.15, 0.2) is 12.3 Å². The van der Waals surface area contributed by atoms with E-state index in [1.165, 1.54) is 12.3 Å². The topological polar surface area (TPSA) is 121 Å². The number of nitrogens with zero attached hydrogens (tertiary/aromatic N) is 3. The number of nitrogens with one attached hydrogen (secondary N) is 2. The Kier molecular flexibility index (Phi) is 4.59. The van der Waals surface area contributed by atoms with Crippen LogP contribution in [0, 0.1) is 21.4 Å². The first-order valence-corrected chi connectivity index (χ1v) is 5.83. The number of carbonyl (C=O) groups is 1. The van der Waals surface area contributed by atoms with E-state index in [0.29, 0.717) is 0 Å². The second-order valence-corrected chi connectivity index (χ2v) is 5.08. The normalized spacial score (nSPS) is 10.5. The van der Waals surface area contributed by atoms with Crippen LogP contribution in [-0.2, 0) is 4.79 Å². The minimum atomic E-state index is -0.699. The van der Waals surface area contributed by atoms with Crippen LogP contribution in [0.2, 0.25) is 0 Å². The van der Waals surface area contributed by atoms with Crippen molar-refractivity contribution in [3.8, 4) is 6.07 Å². The van der Waals surface area contributed by atoms with Crippen molar-refractivity contribution in [1.29, 1.82) is 5.26 Å². The van der Waals surface area contributed by atoms with Gasteiger partial charge in [-0.15, -0.1) is 0 Å². The van der Waals surface area contributed by atoms with Gasteiger partial charge in [0.15, 0.2) is 0 Å². The summed E-state index contributed by atoms with van der Waals surface area (Å²) in [6, 6.07) is 2.97. The molecule has 0 fully saturated rings. The molecule has 1 amide bonds. The average Bonchev–Trinajstić information content (AvgIpc) is 2.33. The Morgan fingerprint density at radius 3 is 2.70 bits per heavy atom. The first-order valence-electron chi connectivity index (χ1n) is 5.83. The molecule has 1 aromatic rings. The largest absolute Gasteiger partial charge is 0.355 e. The summed E-state index contributed by atoms with van der Waals surface area (Å²) in [5.74, 6) is -0.422. The number of nitro groups is 1. The van der Waals surface area contributed by atoms with E-state index in [2.05, 4.69) is 15.6 Å². The van der Waals surface area contributed by atoms with Crippen molar-refractivity contribution in [2.45, 2.75) is 26.3 Å². The number of aromatic nitrogens is 1. The van der Waals surface area contributed by atoms with Crippen LogP contribution in [-0.4, -0.2) is 27.9 Å². The second kappa shape index (κ2) is 5.97. The van der Waals surface area contributed by atoms with Crippen molar-refractivity contribution in [3.05, 3.63) is 27.9 Å². The second-order valence-electron chi connectivity index (χ2n) is 5.08. The highest BCUT2D eigenvalue weighted by Crippen LogP contribution is 2.25. The lowest BCUT2D eigenvalue weighted by molar-refractivity contribution is -0.384. The molecule has 106 valence electrons. The van der Waals surface area contributed by atoms with Crippen molar-refractivity contribution >= 4 is 17.4 Å². The Labute approximate surface area is 116 Å². The number of anilines is 1.